The first-order chi connectivity index (χ1) is 33.0. The molecule has 11 aromatic carbocycles. The zero-order valence-corrected chi connectivity index (χ0v) is 39.4. The maximum absolute atomic E-state index is 6.82. The molecule has 2 heteroatoms. The third-order valence-electron chi connectivity index (χ3n) is 14.7. The minimum Gasteiger partial charge on any atom is -0.456 e. The fourth-order valence-electron chi connectivity index (χ4n) is 11.4. The number of aromatic nitrogens is 1. The number of rotatable bonds is 4. The molecule has 2 heterocycles. The molecule has 0 aliphatic rings. The Morgan fingerprint density at radius 2 is 0.779 bits per heavy atom. The average molecular weight is 874 g/mol. The minimum atomic E-state index is 0.0128. The van der Waals surface area contributed by atoms with Crippen LogP contribution in [-0.2, 0) is 10.8 Å². The summed E-state index contributed by atoms with van der Waals surface area (Å²) in [6, 6.07) is 74.4. The number of hydrogen-bond acceptors (Lipinski definition) is 1. The van der Waals surface area contributed by atoms with Crippen LogP contribution < -0.4 is 0 Å². The Kier molecular flexibility index (Phi) is 8.77. The van der Waals surface area contributed by atoms with Crippen molar-refractivity contribution in [2.24, 2.45) is 0 Å². The number of fused-ring (bicyclic) bond motifs is 10. The van der Waals surface area contributed by atoms with E-state index < -0.39 is 0 Å². The van der Waals surface area contributed by atoms with Crippen molar-refractivity contribution in [2.75, 3.05) is 0 Å². The third-order valence-corrected chi connectivity index (χ3v) is 14.7. The predicted molar refractivity (Wildman–Crippen MR) is 292 cm³/mol. The lowest BCUT2D eigenvalue weighted by Gasteiger charge is -2.21. The number of nitrogens with zero attached hydrogens (tertiary/aromatic N) is 1. The molecule has 2 aromatic heterocycles. The zero-order chi connectivity index (χ0) is 46.1. The van der Waals surface area contributed by atoms with Crippen LogP contribution in [0.5, 0.6) is 0 Å². The first kappa shape index (κ1) is 40.3. The molecule has 0 unspecified atom stereocenters. The van der Waals surface area contributed by atoms with Gasteiger partial charge in [0.1, 0.15) is 11.2 Å². The van der Waals surface area contributed by atoms with Gasteiger partial charge in [-0.25, -0.2) is 0 Å². The second-order valence-corrected chi connectivity index (χ2v) is 20.8. The summed E-state index contributed by atoms with van der Waals surface area (Å²) >= 11 is 0. The van der Waals surface area contributed by atoms with Crippen LogP contribution in [0.4, 0.5) is 0 Å². The summed E-state index contributed by atoms with van der Waals surface area (Å²) in [5, 5.41) is 14.6. The largest absolute Gasteiger partial charge is 0.456 e. The highest BCUT2D eigenvalue weighted by atomic mass is 16.3. The zero-order valence-electron chi connectivity index (χ0n) is 39.4. The Hall–Kier alpha value is -7.94. The molecule has 0 radical (unpaired) electrons. The number of benzene rings is 11. The molecular formula is C66H51NO. The van der Waals surface area contributed by atoms with Crippen LogP contribution in [0.15, 0.2) is 205 Å². The molecule has 0 N–H and O–H groups in total. The molecule has 0 amide bonds. The van der Waals surface area contributed by atoms with Gasteiger partial charge in [0, 0.05) is 32.3 Å². The summed E-state index contributed by atoms with van der Waals surface area (Å²) in [4.78, 5) is 0. The standard InChI is InChI=1S/C66H51NO/c1-65(2,3)42-32-34-56-53(38-42)54-39-43(66(4,5)6)33-35-57(54)67(56)64-50-27-16-14-25-48(50)62(49-26-15-17-28-51(49)64)52-29-18-30-59-63(52)55-37-41(31-36-58(55)68-59)61-46-23-12-10-21-44(46)60(40-19-8-7-9-20-40)45-22-11-13-24-47(45)61/h7-39H,1-6H3. The molecule has 0 saturated heterocycles. The minimum absolute atomic E-state index is 0.0128. The highest BCUT2D eigenvalue weighted by molar-refractivity contribution is 6.26. The fraction of sp³-hybridized carbons (Fsp3) is 0.121. The van der Waals surface area contributed by atoms with E-state index in [2.05, 4.69) is 246 Å². The van der Waals surface area contributed by atoms with E-state index in [1.54, 1.807) is 0 Å². The summed E-state index contributed by atoms with van der Waals surface area (Å²) < 4.78 is 9.37. The molecule has 0 atom stereocenters. The Balaban J connectivity index is 1.10. The maximum atomic E-state index is 6.82. The topological polar surface area (TPSA) is 18.1 Å². The highest BCUT2D eigenvalue weighted by Gasteiger charge is 2.26. The van der Waals surface area contributed by atoms with Crippen molar-refractivity contribution in [3.05, 3.63) is 211 Å². The van der Waals surface area contributed by atoms with Crippen LogP contribution in [-0.4, -0.2) is 4.57 Å². The van der Waals surface area contributed by atoms with Crippen LogP contribution >= 0.6 is 0 Å². The van der Waals surface area contributed by atoms with Crippen molar-refractivity contribution < 1.29 is 4.42 Å². The lowest BCUT2D eigenvalue weighted by Crippen LogP contribution is -2.10. The molecule has 13 aromatic rings. The van der Waals surface area contributed by atoms with Gasteiger partial charge >= 0.3 is 0 Å². The van der Waals surface area contributed by atoms with E-state index in [-0.39, 0.29) is 10.8 Å². The molecular weight excluding hydrogens is 823 g/mol. The molecule has 0 bridgehead atoms. The smallest absolute Gasteiger partial charge is 0.136 e. The third kappa shape index (κ3) is 6.03. The SMILES string of the molecule is CC(C)(C)c1ccc2c(c1)c1cc(C(C)(C)C)ccc1n2-c1c2ccccc2c(-c2cccc3oc4ccc(-c5c6ccccc6c(-c6ccccc6)c6ccccc56)cc4c23)c2ccccc12. The molecule has 0 saturated carbocycles. The monoisotopic (exact) mass is 873 g/mol. The molecule has 0 fully saturated rings. The van der Waals surface area contributed by atoms with Crippen LogP contribution in [0.3, 0.4) is 0 Å². The van der Waals surface area contributed by atoms with Gasteiger partial charge in [0.05, 0.1) is 16.7 Å². The van der Waals surface area contributed by atoms with Crippen molar-refractivity contribution >= 4 is 86.8 Å². The first-order valence-corrected chi connectivity index (χ1v) is 24.0. The van der Waals surface area contributed by atoms with Crippen molar-refractivity contribution in [2.45, 2.75) is 52.4 Å². The van der Waals surface area contributed by atoms with E-state index in [4.69, 9.17) is 4.42 Å². The molecule has 326 valence electrons. The molecule has 0 aliphatic carbocycles. The van der Waals surface area contributed by atoms with Crippen LogP contribution in [0.1, 0.15) is 52.7 Å². The van der Waals surface area contributed by atoms with Gasteiger partial charge < -0.3 is 8.98 Å². The summed E-state index contributed by atoms with van der Waals surface area (Å²) in [6.07, 6.45) is 0. The summed E-state index contributed by atoms with van der Waals surface area (Å²) in [7, 11) is 0. The Bertz CT molecular complexity index is 4020. The lowest BCUT2D eigenvalue weighted by molar-refractivity contribution is 0.590. The fourth-order valence-corrected chi connectivity index (χ4v) is 11.4. The van der Waals surface area contributed by atoms with Crippen molar-refractivity contribution in [1.82, 2.24) is 4.57 Å². The quantitative estimate of drug-likeness (QED) is 0.161. The van der Waals surface area contributed by atoms with E-state index in [1.165, 1.54) is 115 Å². The van der Waals surface area contributed by atoms with Gasteiger partial charge in [0.25, 0.3) is 0 Å². The van der Waals surface area contributed by atoms with Crippen LogP contribution in [0, 0.1) is 0 Å². The van der Waals surface area contributed by atoms with Gasteiger partial charge in [-0.05, 0) is 130 Å². The molecule has 68 heavy (non-hydrogen) atoms. The van der Waals surface area contributed by atoms with Crippen LogP contribution in [0.2, 0.25) is 0 Å². The normalized spacial score (nSPS) is 12.6. The summed E-state index contributed by atoms with van der Waals surface area (Å²) in [6.45, 7) is 13.9. The second-order valence-electron chi connectivity index (χ2n) is 20.8. The van der Waals surface area contributed by atoms with E-state index in [9.17, 15) is 0 Å². The van der Waals surface area contributed by atoms with Gasteiger partial charge in [-0.2, -0.15) is 0 Å². The Labute approximate surface area is 396 Å². The molecule has 13 rings (SSSR count). The van der Waals surface area contributed by atoms with E-state index in [0.29, 0.717) is 0 Å². The van der Waals surface area contributed by atoms with Gasteiger partial charge in [0.15, 0.2) is 0 Å². The second kappa shape index (κ2) is 14.8. The number of hydrogen-bond donors (Lipinski definition) is 0. The Morgan fingerprint density at radius 1 is 0.324 bits per heavy atom. The van der Waals surface area contributed by atoms with E-state index in [0.717, 1.165) is 21.9 Å². The predicted octanol–water partition coefficient (Wildman–Crippen LogP) is 18.9. The van der Waals surface area contributed by atoms with Crippen molar-refractivity contribution in [3.63, 3.8) is 0 Å². The van der Waals surface area contributed by atoms with Gasteiger partial charge in [0.2, 0.25) is 0 Å². The van der Waals surface area contributed by atoms with Crippen molar-refractivity contribution in [3.8, 4) is 39.1 Å². The van der Waals surface area contributed by atoms with Gasteiger partial charge in [-0.15, -0.1) is 0 Å². The maximum Gasteiger partial charge on any atom is 0.136 e. The molecule has 0 aliphatic heterocycles. The molecule has 2 nitrogen and oxygen atoms in total. The highest BCUT2D eigenvalue weighted by Crippen LogP contribution is 2.49. The van der Waals surface area contributed by atoms with Crippen molar-refractivity contribution in [1.29, 1.82) is 0 Å². The van der Waals surface area contributed by atoms with Gasteiger partial charge in [-0.1, -0.05) is 199 Å². The number of furan rings is 1. The van der Waals surface area contributed by atoms with Crippen LogP contribution in [0.25, 0.3) is 126 Å². The summed E-state index contributed by atoms with van der Waals surface area (Å²) in [5.74, 6) is 0. The summed E-state index contributed by atoms with van der Waals surface area (Å²) in [5.41, 5.74) is 15.4. The lowest BCUT2D eigenvalue weighted by atomic mass is 9.85. The average Bonchev–Trinajstić information content (AvgIpc) is 3.89. The van der Waals surface area contributed by atoms with E-state index in [1.807, 2.05) is 0 Å². The molecule has 0 spiro atoms. The Morgan fingerprint density at radius 3 is 1.28 bits per heavy atom. The van der Waals surface area contributed by atoms with E-state index >= 15 is 0 Å². The van der Waals surface area contributed by atoms with Gasteiger partial charge in [-0.3, -0.25) is 0 Å². The first-order valence-electron chi connectivity index (χ1n) is 24.0.